The number of anilines is 1. The highest BCUT2D eigenvalue weighted by atomic mass is 19.1. The number of carbonyl (C=O) groups excluding carboxylic acids is 1. The molecule has 0 radical (unpaired) electrons. The Morgan fingerprint density at radius 3 is 2.29 bits per heavy atom. The van der Waals surface area contributed by atoms with Gasteiger partial charge < -0.3 is 5.32 Å². The Labute approximate surface area is 124 Å². The van der Waals surface area contributed by atoms with E-state index in [-0.39, 0.29) is 11.6 Å². The quantitative estimate of drug-likeness (QED) is 0.928. The molecule has 0 unspecified atom stereocenters. The number of amides is 1. The van der Waals surface area contributed by atoms with Crippen LogP contribution >= 0.6 is 0 Å². The van der Waals surface area contributed by atoms with Crippen molar-refractivity contribution in [3.8, 4) is 0 Å². The van der Waals surface area contributed by atoms with Crippen molar-refractivity contribution in [2.24, 2.45) is 11.8 Å². The molecule has 1 aromatic carbocycles. The van der Waals surface area contributed by atoms with Crippen LogP contribution in [0.4, 0.5) is 14.5 Å². The molecule has 21 heavy (non-hydrogen) atoms. The molecule has 0 saturated carbocycles. The minimum atomic E-state index is -0.754. The lowest BCUT2D eigenvalue weighted by atomic mass is 9.91. The van der Waals surface area contributed by atoms with Crippen molar-refractivity contribution in [3.63, 3.8) is 0 Å². The fourth-order valence-corrected chi connectivity index (χ4v) is 3.04. The smallest absolute Gasteiger partial charge is 0.241 e. The Morgan fingerprint density at radius 1 is 1.24 bits per heavy atom. The van der Waals surface area contributed by atoms with Crippen molar-refractivity contribution in [1.82, 2.24) is 4.90 Å². The zero-order chi connectivity index (χ0) is 15.6. The van der Waals surface area contributed by atoms with Gasteiger partial charge in [0, 0.05) is 13.1 Å². The molecule has 1 heterocycles. The van der Waals surface area contributed by atoms with Gasteiger partial charge in [-0.15, -0.1) is 0 Å². The summed E-state index contributed by atoms with van der Waals surface area (Å²) in [7, 11) is 0. The van der Waals surface area contributed by atoms with Crippen LogP contribution in [0.5, 0.6) is 0 Å². The average molecular weight is 296 g/mol. The Kier molecular flexibility index (Phi) is 4.93. The van der Waals surface area contributed by atoms with Gasteiger partial charge in [-0.25, -0.2) is 8.78 Å². The van der Waals surface area contributed by atoms with E-state index in [1.54, 1.807) is 6.92 Å². The van der Waals surface area contributed by atoms with E-state index in [4.69, 9.17) is 0 Å². The van der Waals surface area contributed by atoms with Crippen LogP contribution in [0.2, 0.25) is 0 Å². The van der Waals surface area contributed by atoms with Gasteiger partial charge in [0.2, 0.25) is 5.91 Å². The molecule has 1 saturated heterocycles. The predicted octanol–water partition coefficient (Wildman–Crippen LogP) is 3.27. The van der Waals surface area contributed by atoms with Gasteiger partial charge in [-0.2, -0.15) is 0 Å². The summed E-state index contributed by atoms with van der Waals surface area (Å²) in [5.74, 6) is -0.837. The summed E-state index contributed by atoms with van der Waals surface area (Å²) in [5, 5.41) is 2.37. The van der Waals surface area contributed by atoms with E-state index in [0.29, 0.717) is 11.8 Å². The Bertz CT molecular complexity index is 491. The molecule has 0 aliphatic carbocycles. The lowest BCUT2D eigenvalue weighted by Crippen LogP contribution is -2.48. The monoisotopic (exact) mass is 296 g/mol. The van der Waals surface area contributed by atoms with Crippen LogP contribution in [0.15, 0.2) is 18.2 Å². The number of benzene rings is 1. The number of piperidine rings is 1. The van der Waals surface area contributed by atoms with Crippen molar-refractivity contribution < 1.29 is 13.6 Å². The third-order valence-electron chi connectivity index (χ3n) is 4.04. The van der Waals surface area contributed by atoms with Crippen LogP contribution in [0, 0.1) is 23.5 Å². The number of likely N-dealkylation sites (tertiary alicyclic amines) is 1. The van der Waals surface area contributed by atoms with Gasteiger partial charge in [-0.3, -0.25) is 9.69 Å². The van der Waals surface area contributed by atoms with Gasteiger partial charge in [-0.1, -0.05) is 19.9 Å². The van der Waals surface area contributed by atoms with Gasteiger partial charge in [0.15, 0.2) is 0 Å². The van der Waals surface area contributed by atoms with E-state index in [1.807, 2.05) is 0 Å². The van der Waals surface area contributed by atoms with Gasteiger partial charge in [0.25, 0.3) is 0 Å². The Morgan fingerprint density at radius 2 is 1.76 bits per heavy atom. The number of halogens is 2. The molecule has 1 amide bonds. The van der Waals surface area contributed by atoms with Gasteiger partial charge >= 0.3 is 0 Å². The number of hydrogen-bond donors (Lipinski definition) is 1. The molecule has 1 aromatic rings. The topological polar surface area (TPSA) is 32.3 Å². The van der Waals surface area contributed by atoms with Crippen LogP contribution in [0.25, 0.3) is 0 Å². The normalized spacial score (nSPS) is 24.6. The van der Waals surface area contributed by atoms with E-state index in [2.05, 4.69) is 24.1 Å². The number of nitrogens with one attached hydrogen (secondary N) is 1. The molecule has 116 valence electrons. The van der Waals surface area contributed by atoms with Gasteiger partial charge in [0.05, 0.1) is 6.04 Å². The van der Waals surface area contributed by atoms with Crippen molar-refractivity contribution >= 4 is 11.6 Å². The number of nitrogens with zero attached hydrogens (tertiary/aromatic N) is 1. The first kappa shape index (κ1) is 15.9. The van der Waals surface area contributed by atoms with Crippen LogP contribution in [0.1, 0.15) is 27.2 Å². The van der Waals surface area contributed by atoms with E-state index in [9.17, 15) is 13.6 Å². The summed E-state index contributed by atoms with van der Waals surface area (Å²) in [6, 6.07) is 3.13. The molecule has 1 aliphatic heterocycles. The third kappa shape index (κ3) is 3.79. The van der Waals surface area contributed by atoms with Crippen LogP contribution in [-0.4, -0.2) is 29.9 Å². The number of para-hydroxylation sites is 1. The van der Waals surface area contributed by atoms with E-state index >= 15 is 0 Å². The number of carbonyl (C=O) groups is 1. The third-order valence-corrected chi connectivity index (χ3v) is 4.04. The second kappa shape index (κ2) is 6.52. The van der Waals surface area contributed by atoms with Crippen LogP contribution in [0.3, 0.4) is 0 Å². The molecule has 1 fully saturated rings. The molecule has 2 rings (SSSR count). The molecule has 0 bridgehead atoms. The minimum absolute atomic E-state index is 0.368. The lowest BCUT2D eigenvalue weighted by Gasteiger charge is -2.38. The average Bonchev–Trinajstić information content (AvgIpc) is 2.41. The molecule has 3 atom stereocenters. The molecule has 1 aliphatic rings. The summed E-state index contributed by atoms with van der Waals surface area (Å²) < 4.78 is 27.1. The fourth-order valence-electron chi connectivity index (χ4n) is 3.04. The summed E-state index contributed by atoms with van der Waals surface area (Å²) >= 11 is 0. The maximum absolute atomic E-state index is 13.6. The predicted molar refractivity (Wildman–Crippen MR) is 79.0 cm³/mol. The summed E-state index contributed by atoms with van der Waals surface area (Å²) in [5.41, 5.74) is -0.368. The van der Waals surface area contributed by atoms with Gasteiger partial charge in [-0.05, 0) is 37.3 Å². The highest BCUT2D eigenvalue weighted by molar-refractivity contribution is 5.94. The first-order chi connectivity index (χ1) is 9.88. The second-order valence-electron chi connectivity index (χ2n) is 6.16. The Hall–Kier alpha value is -1.49. The largest absolute Gasteiger partial charge is 0.320 e. The second-order valence-corrected chi connectivity index (χ2v) is 6.16. The van der Waals surface area contributed by atoms with Crippen molar-refractivity contribution in [2.75, 3.05) is 18.4 Å². The first-order valence-corrected chi connectivity index (χ1v) is 7.37. The van der Waals surface area contributed by atoms with Crippen LogP contribution < -0.4 is 5.32 Å². The van der Waals surface area contributed by atoms with E-state index in [0.717, 1.165) is 31.6 Å². The molecule has 0 aromatic heterocycles. The number of rotatable bonds is 3. The highest BCUT2D eigenvalue weighted by Gasteiger charge is 2.29. The molecule has 5 heteroatoms. The van der Waals surface area contributed by atoms with Crippen molar-refractivity contribution in [2.45, 2.75) is 33.2 Å². The molecular weight excluding hydrogens is 274 g/mol. The molecule has 0 spiro atoms. The van der Waals surface area contributed by atoms with E-state index in [1.165, 1.54) is 6.07 Å². The fraction of sp³-hybridized carbons (Fsp3) is 0.562. The SMILES string of the molecule is C[C@H]1C[C@H](C)CN([C@@H](C)C(=O)Nc2c(F)cccc2F)C1. The maximum Gasteiger partial charge on any atom is 0.241 e. The Balaban J connectivity index is 2.06. The minimum Gasteiger partial charge on any atom is -0.320 e. The van der Waals surface area contributed by atoms with Crippen LogP contribution in [-0.2, 0) is 4.79 Å². The first-order valence-electron chi connectivity index (χ1n) is 7.37. The van der Waals surface area contributed by atoms with Crippen molar-refractivity contribution in [1.29, 1.82) is 0 Å². The van der Waals surface area contributed by atoms with E-state index < -0.39 is 17.7 Å². The lowest BCUT2D eigenvalue weighted by molar-refractivity contribution is -0.121. The number of hydrogen-bond acceptors (Lipinski definition) is 2. The molecular formula is C16H22F2N2O. The van der Waals surface area contributed by atoms with Gasteiger partial charge in [0.1, 0.15) is 17.3 Å². The summed E-state index contributed by atoms with van der Waals surface area (Å²) in [6.07, 6.45) is 1.15. The maximum atomic E-state index is 13.6. The summed E-state index contributed by atoms with van der Waals surface area (Å²) in [4.78, 5) is 14.3. The van der Waals surface area contributed by atoms with Crippen molar-refractivity contribution in [3.05, 3.63) is 29.8 Å². The zero-order valence-electron chi connectivity index (χ0n) is 12.7. The summed E-state index contributed by atoms with van der Waals surface area (Å²) in [6.45, 7) is 7.75. The zero-order valence-corrected chi connectivity index (χ0v) is 12.7. The standard InChI is InChI=1S/C16H22F2N2O/c1-10-7-11(2)9-20(8-10)12(3)16(21)19-15-13(17)5-4-6-14(15)18/h4-6,10-12H,7-9H2,1-3H3,(H,19,21)/t10-,11-,12-/m0/s1. The molecule has 3 nitrogen and oxygen atoms in total. The highest BCUT2D eigenvalue weighted by Crippen LogP contribution is 2.24. The molecule has 1 N–H and O–H groups in total.